The first-order valence-electron chi connectivity index (χ1n) is 13.2. The molecule has 4 rings (SSSR count). The minimum atomic E-state index is -0.243. The van der Waals surface area contributed by atoms with Gasteiger partial charge in [-0.15, -0.1) is 0 Å². The third-order valence-electron chi connectivity index (χ3n) is 7.27. The van der Waals surface area contributed by atoms with Crippen molar-refractivity contribution in [2.45, 2.75) is 91.4 Å². The van der Waals surface area contributed by atoms with E-state index in [1.54, 1.807) is 0 Å². The molecule has 3 aromatic rings. The number of hydrogen-bond acceptors (Lipinski definition) is 0. The summed E-state index contributed by atoms with van der Waals surface area (Å²) in [6.45, 7) is 23.4. The molecule has 1 heteroatoms. The molecule has 0 nitrogen and oxygen atoms in total. The fourth-order valence-corrected chi connectivity index (χ4v) is 8.39. The lowest BCUT2D eigenvalue weighted by molar-refractivity contribution is 0.590. The van der Waals surface area contributed by atoms with Crippen molar-refractivity contribution in [3.8, 4) is 11.1 Å². The lowest BCUT2D eigenvalue weighted by atomic mass is 9.84. The molecular weight excluding hydrogens is 439 g/mol. The van der Waals surface area contributed by atoms with Crippen molar-refractivity contribution < 1.29 is 0 Å². The first kappa shape index (κ1) is 25.9. The maximum atomic E-state index is 2.50. The molecule has 0 unspecified atom stereocenters. The third-order valence-corrected chi connectivity index (χ3v) is 10.5. The molecule has 0 fully saturated rings. The summed E-state index contributed by atoms with van der Waals surface area (Å²) in [6, 6.07) is 23.4. The van der Waals surface area contributed by atoms with Crippen LogP contribution in [0, 0.1) is 0 Å². The van der Waals surface area contributed by atoms with E-state index >= 15 is 0 Å². The summed E-state index contributed by atoms with van der Waals surface area (Å²) in [7, 11) is -0.243. The largest absolute Gasteiger partial charge is 0.0694 e. The van der Waals surface area contributed by atoms with Gasteiger partial charge in [0.15, 0.2) is 0 Å². The van der Waals surface area contributed by atoms with Gasteiger partial charge in [0, 0.05) is 0 Å². The number of benzene rings is 3. The van der Waals surface area contributed by atoms with Gasteiger partial charge in [0.25, 0.3) is 0 Å². The minimum absolute atomic E-state index is 0.118. The Morgan fingerprint density at radius 3 is 1.49 bits per heavy atom. The molecule has 0 spiro atoms. The van der Waals surface area contributed by atoms with Crippen molar-refractivity contribution in [3.63, 3.8) is 0 Å². The van der Waals surface area contributed by atoms with Crippen LogP contribution in [0.25, 0.3) is 22.8 Å². The highest BCUT2D eigenvalue weighted by atomic mass is 31.1. The first-order valence-corrected chi connectivity index (χ1v) is 14.7. The normalized spacial score (nSPS) is 13.6. The molecule has 0 saturated heterocycles. The Morgan fingerprint density at radius 2 is 1.06 bits per heavy atom. The highest BCUT2D eigenvalue weighted by molar-refractivity contribution is 7.67. The van der Waals surface area contributed by atoms with Gasteiger partial charge in [0.2, 0.25) is 0 Å². The summed E-state index contributed by atoms with van der Waals surface area (Å²) in [5.41, 5.74) is 12.6. The van der Waals surface area contributed by atoms with Crippen LogP contribution in [0.5, 0.6) is 0 Å². The van der Waals surface area contributed by atoms with E-state index in [4.69, 9.17) is 0 Å². The van der Waals surface area contributed by atoms with Crippen molar-refractivity contribution in [2.75, 3.05) is 0 Å². The zero-order chi connectivity index (χ0) is 25.7. The highest BCUT2D eigenvalue weighted by Gasteiger charge is 2.28. The van der Waals surface area contributed by atoms with E-state index in [0.717, 1.165) is 0 Å². The maximum Gasteiger partial charge on any atom is -0.00926 e. The number of hydrogen-bond donors (Lipinski definition) is 0. The van der Waals surface area contributed by atoms with Crippen molar-refractivity contribution in [2.24, 2.45) is 0 Å². The van der Waals surface area contributed by atoms with Crippen molar-refractivity contribution >= 4 is 24.9 Å². The fraction of sp³-hybridized carbons (Fsp3) is 0.412. The smallest absolute Gasteiger partial charge is 0.00926 e. The molecular formula is C34H43P. The van der Waals surface area contributed by atoms with Crippen molar-refractivity contribution in [3.05, 3.63) is 88.5 Å². The number of rotatable bonds is 4. The van der Waals surface area contributed by atoms with Gasteiger partial charge < -0.3 is 0 Å². The molecule has 0 aliphatic heterocycles. The first-order chi connectivity index (χ1) is 16.3. The van der Waals surface area contributed by atoms with Gasteiger partial charge in [-0.1, -0.05) is 126 Å². The Kier molecular flexibility index (Phi) is 6.93. The van der Waals surface area contributed by atoms with E-state index in [-0.39, 0.29) is 18.8 Å². The molecule has 0 heterocycles. The minimum Gasteiger partial charge on any atom is -0.0694 e. The second kappa shape index (κ2) is 9.37. The van der Waals surface area contributed by atoms with Crippen LogP contribution in [0.4, 0.5) is 0 Å². The third kappa shape index (κ3) is 5.06. The van der Waals surface area contributed by atoms with Gasteiger partial charge in [-0.05, 0) is 90.2 Å². The summed E-state index contributed by atoms with van der Waals surface area (Å²) in [4.78, 5) is 0. The Hall–Kier alpha value is -2.17. The Morgan fingerprint density at radius 1 is 0.600 bits per heavy atom. The van der Waals surface area contributed by atoms with Gasteiger partial charge >= 0.3 is 0 Å². The van der Waals surface area contributed by atoms with Crippen LogP contribution >= 0.6 is 7.92 Å². The van der Waals surface area contributed by atoms with E-state index in [1.165, 1.54) is 49.8 Å². The zero-order valence-electron chi connectivity index (χ0n) is 23.5. The maximum absolute atomic E-state index is 2.50. The SMILES string of the molecule is CC(C)P(c1ccccc1C=C1c2cc(C(C)(C)C)ccc2-c2ccc(C(C)(C)C)cc21)C(C)C. The van der Waals surface area contributed by atoms with Gasteiger partial charge in [-0.25, -0.2) is 0 Å². The molecule has 0 radical (unpaired) electrons. The lowest BCUT2D eigenvalue weighted by Gasteiger charge is -2.28. The Bertz CT molecular complexity index is 1180. The molecule has 0 N–H and O–H groups in total. The Balaban J connectivity index is 2.00. The molecule has 0 saturated carbocycles. The predicted octanol–water partition coefficient (Wildman–Crippen LogP) is 9.77. The predicted molar refractivity (Wildman–Crippen MR) is 160 cm³/mol. The van der Waals surface area contributed by atoms with Gasteiger partial charge in [0.1, 0.15) is 0 Å². The van der Waals surface area contributed by atoms with Crippen molar-refractivity contribution in [1.82, 2.24) is 0 Å². The van der Waals surface area contributed by atoms with E-state index in [1.807, 2.05) is 0 Å². The average Bonchev–Trinajstić information content (AvgIpc) is 3.06. The van der Waals surface area contributed by atoms with Crippen LogP contribution in [0.2, 0.25) is 0 Å². The molecule has 1 aliphatic rings. The standard InChI is InChI=1S/C34H43P/c1-22(2)35(23(3)4)32-14-12-11-13-24(32)19-29-30-20-25(33(5,6)7)15-17-27(30)28-18-16-26(21-31(28)29)34(8,9)10/h11-23H,1-10H3. The molecule has 35 heavy (non-hydrogen) atoms. The van der Waals surface area contributed by atoms with Gasteiger partial charge in [0.05, 0.1) is 0 Å². The van der Waals surface area contributed by atoms with Crippen LogP contribution in [0.1, 0.15) is 97.1 Å². The van der Waals surface area contributed by atoms with Crippen LogP contribution in [0.3, 0.4) is 0 Å². The number of fused-ring (bicyclic) bond motifs is 3. The van der Waals surface area contributed by atoms with Gasteiger partial charge in [-0.3, -0.25) is 0 Å². The summed E-state index contributed by atoms with van der Waals surface area (Å²) in [5, 5.41) is 1.54. The molecule has 184 valence electrons. The topological polar surface area (TPSA) is 0 Å². The summed E-state index contributed by atoms with van der Waals surface area (Å²) >= 11 is 0. The summed E-state index contributed by atoms with van der Waals surface area (Å²) < 4.78 is 0. The molecule has 0 bridgehead atoms. The summed E-state index contributed by atoms with van der Waals surface area (Å²) in [5.74, 6) is 0. The molecule has 3 aromatic carbocycles. The van der Waals surface area contributed by atoms with E-state index in [9.17, 15) is 0 Å². The molecule has 0 aromatic heterocycles. The molecule has 1 aliphatic carbocycles. The van der Waals surface area contributed by atoms with E-state index in [2.05, 4.69) is 136 Å². The second-order valence-electron chi connectivity index (χ2n) is 12.7. The monoisotopic (exact) mass is 482 g/mol. The molecule has 0 amide bonds. The second-order valence-corrected chi connectivity index (χ2v) is 16.1. The van der Waals surface area contributed by atoms with Gasteiger partial charge in [-0.2, -0.15) is 0 Å². The van der Waals surface area contributed by atoms with Crippen LogP contribution in [-0.4, -0.2) is 11.3 Å². The molecule has 0 atom stereocenters. The zero-order valence-corrected chi connectivity index (χ0v) is 24.3. The lowest BCUT2D eigenvalue weighted by Crippen LogP contribution is -2.17. The van der Waals surface area contributed by atoms with Crippen molar-refractivity contribution in [1.29, 1.82) is 0 Å². The summed E-state index contributed by atoms with van der Waals surface area (Å²) in [6.07, 6.45) is 2.50. The van der Waals surface area contributed by atoms with Crippen LogP contribution in [-0.2, 0) is 10.8 Å². The van der Waals surface area contributed by atoms with E-state index in [0.29, 0.717) is 11.3 Å². The highest BCUT2D eigenvalue weighted by Crippen LogP contribution is 2.49. The quantitative estimate of drug-likeness (QED) is 0.254. The fourth-order valence-electron chi connectivity index (χ4n) is 5.39. The average molecular weight is 483 g/mol. The Labute approximate surface area is 215 Å². The van der Waals surface area contributed by atoms with Crippen LogP contribution < -0.4 is 5.30 Å². The van der Waals surface area contributed by atoms with E-state index < -0.39 is 0 Å². The van der Waals surface area contributed by atoms with Crippen LogP contribution in [0.15, 0.2) is 60.7 Å².